The van der Waals surface area contributed by atoms with Gasteiger partial charge in [0.15, 0.2) is 5.82 Å². The van der Waals surface area contributed by atoms with Crippen LogP contribution in [0, 0.1) is 0 Å². The van der Waals surface area contributed by atoms with Crippen molar-refractivity contribution in [2.24, 2.45) is 0 Å². The smallest absolute Gasteiger partial charge is 0.306 e. The van der Waals surface area contributed by atoms with Gasteiger partial charge in [-0.1, -0.05) is 48.5 Å². The Balaban J connectivity index is 1.32. The van der Waals surface area contributed by atoms with Crippen molar-refractivity contribution in [2.75, 3.05) is 11.1 Å². The highest BCUT2D eigenvalue weighted by molar-refractivity contribution is 6.05. The van der Waals surface area contributed by atoms with Gasteiger partial charge in [-0.25, -0.2) is 4.98 Å². The summed E-state index contributed by atoms with van der Waals surface area (Å²) in [6, 6.07) is 23.9. The predicted molar refractivity (Wildman–Crippen MR) is 131 cm³/mol. The summed E-state index contributed by atoms with van der Waals surface area (Å²) in [6.45, 7) is 0.203. The van der Waals surface area contributed by atoms with Gasteiger partial charge in [0, 0.05) is 35.5 Å². The van der Waals surface area contributed by atoms with Crippen LogP contribution in [0.5, 0.6) is 0 Å². The van der Waals surface area contributed by atoms with Gasteiger partial charge in [0.05, 0.1) is 11.4 Å². The Kier molecular flexibility index (Phi) is 7.25. The first-order chi connectivity index (χ1) is 16.6. The van der Waals surface area contributed by atoms with Crippen molar-refractivity contribution in [3.8, 4) is 11.3 Å². The van der Waals surface area contributed by atoms with Crippen molar-refractivity contribution < 1.29 is 14.3 Å². The van der Waals surface area contributed by atoms with Crippen LogP contribution in [0.3, 0.4) is 0 Å². The second kappa shape index (κ2) is 10.9. The third-order valence-electron chi connectivity index (χ3n) is 5.18. The van der Waals surface area contributed by atoms with E-state index in [9.17, 15) is 9.59 Å². The second-order valence-electron chi connectivity index (χ2n) is 7.67. The van der Waals surface area contributed by atoms with Crippen molar-refractivity contribution in [1.29, 1.82) is 0 Å². The van der Waals surface area contributed by atoms with Gasteiger partial charge >= 0.3 is 5.97 Å². The minimum Gasteiger partial charge on any atom is -0.461 e. The van der Waals surface area contributed by atoms with E-state index in [0.717, 1.165) is 22.4 Å². The van der Waals surface area contributed by atoms with Gasteiger partial charge < -0.3 is 15.8 Å². The molecule has 34 heavy (non-hydrogen) atoms. The molecular weight excluding hydrogens is 428 g/mol. The molecule has 0 fully saturated rings. The molecule has 0 bridgehead atoms. The Morgan fingerprint density at radius 1 is 0.882 bits per heavy atom. The molecule has 3 N–H and O–H groups in total. The average Bonchev–Trinajstić information content (AvgIpc) is 2.89. The van der Waals surface area contributed by atoms with Crippen LogP contribution in [0.4, 0.5) is 11.5 Å². The molecule has 0 radical (unpaired) electrons. The zero-order valence-electron chi connectivity index (χ0n) is 18.5. The molecule has 7 nitrogen and oxygen atoms in total. The van der Waals surface area contributed by atoms with Crippen molar-refractivity contribution in [1.82, 2.24) is 9.97 Å². The van der Waals surface area contributed by atoms with Gasteiger partial charge in [-0.05, 0) is 42.3 Å². The number of amides is 1. The number of hydrogen-bond donors (Lipinski definition) is 2. The van der Waals surface area contributed by atoms with Gasteiger partial charge in [-0.2, -0.15) is 0 Å². The lowest BCUT2D eigenvalue weighted by Crippen LogP contribution is -2.14. The standard InChI is InChI=1S/C27H24N4O3/c28-23-13-14-24(21-6-2-1-3-7-21)30-26(23)31-27(33)22-11-8-19(9-12-22)10-15-25(32)34-18-20-5-4-16-29-17-20/h1-9,11-14,16-17H,10,15,18,28H2,(H,30,31,33). The maximum atomic E-state index is 12.7. The Morgan fingerprint density at radius 3 is 2.41 bits per heavy atom. The molecule has 0 saturated heterocycles. The molecule has 0 unspecified atom stereocenters. The molecule has 0 atom stereocenters. The zero-order valence-corrected chi connectivity index (χ0v) is 18.5. The van der Waals surface area contributed by atoms with E-state index in [-0.39, 0.29) is 24.9 Å². The maximum absolute atomic E-state index is 12.7. The summed E-state index contributed by atoms with van der Waals surface area (Å²) in [4.78, 5) is 33.2. The number of aromatic nitrogens is 2. The van der Waals surface area contributed by atoms with Crippen LogP contribution in [0.2, 0.25) is 0 Å². The normalized spacial score (nSPS) is 10.5. The topological polar surface area (TPSA) is 107 Å². The summed E-state index contributed by atoms with van der Waals surface area (Å²) >= 11 is 0. The van der Waals surface area contributed by atoms with Crippen LogP contribution in [-0.4, -0.2) is 21.8 Å². The first kappa shape index (κ1) is 22.7. The average molecular weight is 453 g/mol. The first-order valence-electron chi connectivity index (χ1n) is 10.9. The van der Waals surface area contributed by atoms with E-state index in [2.05, 4.69) is 15.3 Å². The fraction of sp³-hybridized carbons (Fsp3) is 0.111. The summed E-state index contributed by atoms with van der Waals surface area (Å²) in [5, 5.41) is 2.78. The summed E-state index contributed by atoms with van der Waals surface area (Å²) < 4.78 is 5.27. The van der Waals surface area contributed by atoms with E-state index >= 15 is 0 Å². The molecule has 7 heteroatoms. The number of anilines is 2. The number of ether oxygens (including phenoxy) is 1. The minimum atomic E-state index is -0.313. The molecule has 0 saturated carbocycles. The van der Waals surface area contributed by atoms with E-state index in [0.29, 0.717) is 23.5 Å². The van der Waals surface area contributed by atoms with E-state index < -0.39 is 0 Å². The van der Waals surface area contributed by atoms with E-state index in [4.69, 9.17) is 10.5 Å². The Bertz CT molecular complexity index is 1260. The number of aryl methyl sites for hydroxylation is 1. The van der Waals surface area contributed by atoms with E-state index in [1.165, 1.54) is 0 Å². The van der Waals surface area contributed by atoms with Crippen molar-refractivity contribution in [3.05, 3.63) is 108 Å². The Labute approximate surface area is 197 Å². The number of hydrogen-bond acceptors (Lipinski definition) is 6. The quantitative estimate of drug-likeness (QED) is 0.377. The lowest BCUT2D eigenvalue weighted by atomic mass is 10.1. The number of pyridine rings is 2. The summed E-state index contributed by atoms with van der Waals surface area (Å²) in [6.07, 6.45) is 4.10. The number of nitrogens with two attached hydrogens (primary N) is 1. The van der Waals surface area contributed by atoms with Crippen LogP contribution >= 0.6 is 0 Å². The minimum absolute atomic E-state index is 0.203. The second-order valence-corrected chi connectivity index (χ2v) is 7.67. The molecule has 2 aromatic heterocycles. The fourth-order valence-corrected chi connectivity index (χ4v) is 3.31. The van der Waals surface area contributed by atoms with E-state index in [1.54, 1.807) is 36.7 Å². The molecule has 0 aliphatic carbocycles. The van der Waals surface area contributed by atoms with Gasteiger partial charge in [0.2, 0.25) is 0 Å². The number of nitrogen functional groups attached to an aromatic ring is 1. The monoisotopic (exact) mass is 452 g/mol. The highest BCUT2D eigenvalue weighted by Crippen LogP contribution is 2.23. The lowest BCUT2D eigenvalue weighted by Gasteiger charge is -2.10. The molecule has 2 aromatic carbocycles. The molecule has 1 amide bonds. The molecular formula is C27H24N4O3. The number of nitrogens with one attached hydrogen (secondary N) is 1. The number of carbonyl (C=O) groups excluding carboxylic acids is 2. The number of carbonyl (C=O) groups is 2. The van der Waals surface area contributed by atoms with Crippen LogP contribution < -0.4 is 11.1 Å². The fourth-order valence-electron chi connectivity index (χ4n) is 3.31. The van der Waals surface area contributed by atoms with Gasteiger partial charge in [-0.15, -0.1) is 0 Å². The number of esters is 1. The third kappa shape index (κ3) is 6.04. The number of benzene rings is 2. The largest absolute Gasteiger partial charge is 0.461 e. The summed E-state index contributed by atoms with van der Waals surface area (Å²) in [7, 11) is 0. The molecule has 4 aromatic rings. The van der Waals surface area contributed by atoms with Crippen LogP contribution in [0.25, 0.3) is 11.3 Å². The summed E-state index contributed by atoms with van der Waals surface area (Å²) in [5.74, 6) is -0.288. The van der Waals surface area contributed by atoms with Crippen molar-refractivity contribution in [2.45, 2.75) is 19.4 Å². The molecule has 170 valence electrons. The number of rotatable bonds is 8. The van der Waals surface area contributed by atoms with Gasteiger partial charge in [0.1, 0.15) is 6.61 Å². The third-order valence-corrected chi connectivity index (χ3v) is 5.18. The predicted octanol–water partition coefficient (Wildman–Crippen LogP) is 4.65. The van der Waals surface area contributed by atoms with Crippen molar-refractivity contribution >= 4 is 23.4 Å². The molecule has 0 aliphatic heterocycles. The van der Waals surface area contributed by atoms with E-state index in [1.807, 2.05) is 54.6 Å². The summed E-state index contributed by atoms with van der Waals surface area (Å²) in [5.41, 5.74) is 10.3. The van der Waals surface area contributed by atoms with Crippen LogP contribution in [0.1, 0.15) is 27.9 Å². The van der Waals surface area contributed by atoms with Gasteiger partial charge in [0.25, 0.3) is 5.91 Å². The highest BCUT2D eigenvalue weighted by Gasteiger charge is 2.12. The SMILES string of the molecule is Nc1ccc(-c2ccccc2)nc1NC(=O)c1ccc(CCC(=O)OCc2cccnc2)cc1. The Hall–Kier alpha value is -4.52. The van der Waals surface area contributed by atoms with Crippen molar-refractivity contribution in [3.63, 3.8) is 0 Å². The molecule has 0 aliphatic rings. The van der Waals surface area contributed by atoms with Crippen LogP contribution in [-0.2, 0) is 22.6 Å². The Morgan fingerprint density at radius 2 is 1.68 bits per heavy atom. The number of nitrogens with zero attached hydrogens (tertiary/aromatic N) is 2. The van der Waals surface area contributed by atoms with Crippen LogP contribution in [0.15, 0.2) is 91.3 Å². The highest BCUT2D eigenvalue weighted by atomic mass is 16.5. The molecule has 0 spiro atoms. The first-order valence-corrected chi connectivity index (χ1v) is 10.9. The lowest BCUT2D eigenvalue weighted by molar-refractivity contribution is -0.144. The van der Waals surface area contributed by atoms with Gasteiger partial charge in [-0.3, -0.25) is 14.6 Å². The zero-order chi connectivity index (χ0) is 23.8. The molecule has 4 rings (SSSR count). The molecule has 2 heterocycles. The maximum Gasteiger partial charge on any atom is 0.306 e.